The van der Waals surface area contributed by atoms with E-state index in [-0.39, 0.29) is 11.8 Å². The van der Waals surface area contributed by atoms with Gasteiger partial charge in [-0.2, -0.15) is 0 Å². The third-order valence-electron chi connectivity index (χ3n) is 3.02. The van der Waals surface area contributed by atoms with Crippen molar-refractivity contribution in [3.8, 4) is 11.5 Å². The van der Waals surface area contributed by atoms with E-state index in [1.165, 1.54) is 0 Å². The van der Waals surface area contributed by atoms with Crippen molar-refractivity contribution >= 4 is 11.6 Å². The third kappa shape index (κ3) is 4.74. The molecule has 1 atom stereocenters. The van der Waals surface area contributed by atoms with E-state index in [2.05, 4.69) is 5.32 Å². The molecular formula is C15H24N2O3. The van der Waals surface area contributed by atoms with Crippen LogP contribution in [0, 0.1) is 5.92 Å². The Kier molecular flexibility index (Phi) is 6.87. The minimum atomic E-state index is -0.0592. The largest absolute Gasteiger partial charge is 0.493 e. The quantitative estimate of drug-likeness (QED) is 0.767. The monoisotopic (exact) mass is 280 g/mol. The fourth-order valence-electron chi connectivity index (χ4n) is 1.84. The molecule has 1 aromatic rings. The maximum Gasteiger partial charge on any atom is 0.227 e. The van der Waals surface area contributed by atoms with Gasteiger partial charge >= 0.3 is 0 Å². The molecule has 0 heterocycles. The first-order chi connectivity index (χ1) is 9.62. The molecular weight excluding hydrogens is 256 g/mol. The van der Waals surface area contributed by atoms with Crippen LogP contribution >= 0.6 is 0 Å². The summed E-state index contributed by atoms with van der Waals surface area (Å²) in [6.45, 7) is 4.98. The lowest BCUT2D eigenvalue weighted by Crippen LogP contribution is -2.21. The second kappa shape index (κ2) is 8.43. The Bertz CT molecular complexity index is 435. The van der Waals surface area contributed by atoms with Gasteiger partial charge < -0.3 is 20.5 Å². The number of carbonyl (C=O) groups is 1. The number of methoxy groups -OCH3 is 1. The van der Waals surface area contributed by atoms with Crippen LogP contribution in [0.15, 0.2) is 18.2 Å². The summed E-state index contributed by atoms with van der Waals surface area (Å²) in [5.74, 6) is 1.21. The molecule has 0 aromatic heterocycles. The molecule has 0 fully saturated rings. The molecule has 0 aliphatic rings. The van der Waals surface area contributed by atoms with Gasteiger partial charge in [0.05, 0.1) is 13.7 Å². The lowest BCUT2D eigenvalue weighted by Gasteiger charge is -2.14. The van der Waals surface area contributed by atoms with Gasteiger partial charge in [0, 0.05) is 17.7 Å². The number of hydrogen-bond donors (Lipinski definition) is 2. The van der Waals surface area contributed by atoms with Crippen LogP contribution in [0.5, 0.6) is 11.5 Å². The molecule has 1 rings (SSSR count). The van der Waals surface area contributed by atoms with Gasteiger partial charge in [-0.15, -0.1) is 0 Å². The molecule has 5 nitrogen and oxygen atoms in total. The van der Waals surface area contributed by atoms with Crippen molar-refractivity contribution in [2.24, 2.45) is 11.7 Å². The number of ether oxygens (including phenoxy) is 2. The van der Waals surface area contributed by atoms with Crippen LogP contribution in [-0.4, -0.2) is 26.2 Å². The fourth-order valence-corrected chi connectivity index (χ4v) is 1.84. The minimum absolute atomic E-state index is 0.00957. The molecule has 5 heteroatoms. The highest BCUT2D eigenvalue weighted by Gasteiger charge is 2.13. The summed E-state index contributed by atoms with van der Waals surface area (Å²) in [5.41, 5.74) is 6.15. The highest BCUT2D eigenvalue weighted by Crippen LogP contribution is 2.30. The third-order valence-corrected chi connectivity index (χ3v) is 3.02. The second-order valence-corrected chi connectivity index (χ2v) is 4.62. The lowest BCUT2D eigenvalue weighted by molar-refractivity contribution is -0.119. The van der Waals surface area contributed by atoms with Gasteiger partial charge in [0.1, 0.15) is 0 Å². The summed E-state index contributed by atoms with van der Waals surface area (Å²) >= 11 is 0. The average molecular weight is 280 g/mol. The molecule has 0 saturated heterocycles. The van der Waals surface area contributed by atoms with Crippen molar-refractivity contribution in [3.05, 3.63) is 18.2 Å². The van der Waals surface area contributed by atoms with Crippen LogP contribution in [0.25, 0.3) is 0 Å². The van der Waals surface area contributed by atoms with Gasteiger partial charge in [0.25, 0.3) is 0 Å². The number of anilines is 1. The smallest absolute Gasteiger partial charge is 0.227 e. The number of nitrogens with two attached hydrogens (primary N) is 1. The van der Waals surface area contributed by atoms with E-state index in [4.69, 9.17) is 15.2 Å². The summed E-state index contributed by atoms with van der Waals surface area (Å²) < 4.78 is 10.7. The zero-order valence-corrected chi connectivity index (χ0v) is 12.4. The fraction of sp³-hybridized carbons (Fsp3) is 0.533. The van der Waals surface area contributed by atoms with Crippen molar-refractivity contribution < 1.29 is 14.3 Å². The normalized spacial score (nSPS) is 11.8. The van der Waals surface area contributed by atoms with Crippen LogP contribution in [-0.2, 0) is 4.79 Å². The zero-order valence-electron chi connectivity index (χ0n) is 12.4. The summed E-state index contributed by atoms with van der Waals surface area (Å²) in [7, 11) is 1.58. The number of nitrogens with one attached hydrogen (secondary N) is 1. The zero-order chi connectivity index (χ0) is 15.0. The van der Waals surface area contributed by atoms with Gasteiger partial charge in [-0.1, -0.05) is 6.92 Å². The summed E-state index contributed by atoms with van der Waals surface area (Å²) in [5, 5.41) is 2.88. The van der Waals surface area contributed by atoms with Crippen molar-refractivity contribution in [1.29, 1.82) is 0 Å². The Hall–Kier alpha value is -1.75. The topological polar surface area (TPSA) is 73.6 Å². The van der Waals surface area contributed by atoms with Gasteiger partial charge in [0.2, 0.25) is 5.91 Å². The SMILES string of the molecule is CCOc1ccc(NC(=O)C(C)CCCN)cc1OC. The van der Waals surface area contributed by atoms with Crippen LogP contribution < -0.4 is 20.5 Å². The van der Waals surface area contributed by atoms with E-state index >= 15 is 0 Å². The molecule has 112 valence electrons. The summed E-state index contributed by atoms with van der Waals surface area (Å²) in [6.07, 6.45) is 1.64. The Morgan fingerprint density at radius 2 is 2.15 bits per heavy atom. The molecule has 20 heavy (non-hydrogen) atoms. The number of rotatable bonds is 8. The molecule has 0 radical (unpaired) electrons. The summed E-state index contributed by atoms with van der Waals surface area (Å²) in [4.78, 5) is 12.0. The van der Waals surface area contributed by atoms with Crippen LogP contribution in [0.1, 0.15) is 26.7 Å². The predicted octanol–water partition coefficient (Wildman–Crippen LogP) is 2.41. The highest BCUT2D eigenvalue weighted by molar-refractivity contribution is 5.92. The maximum atomic E-state index is 12.0. The number of hydrogen-bond acceptors (Lipinski definition) is 4. The Morgan fingerprint density at radius 3 is 2.75 bits per heavy atom. The predicted molar refractivity (Wildman–Crippen MR) is 80.2 cm³/mol. The van der Waals surface area contributed by atoms with E-state index in [9.17, 15) is 4.79 Å². The first-order valence-corrected chi connectivity index (χ1v) is 6.94. The van der Waals surface area contributed by atoms with Crippen LogP contribution in [0.2, 0.25) is 0 Å². The Morgan fingerprint density at radius 1 is 1.40 bits per heavy atom. The van der Waals surface area contributed by atoms with Crippen molar-refractivity contribution in [2.45, 2.75) is 26.7 Å². The van der Waals surface area contributed by atoms with E-state index in [0.717, 1.165) is 12.8 Å². The molecule has 1 unspecified atom stereocenters. The molecule has 1 aromatic carbocycles. The van der Waals surface area contributed by atoms with Gasteiger partial charge in [-0.25, -0.2) is 0 Å². The van der Waals surface area contributed by atoms with Crippen molar-refractivity contribution in [1.82, 2.24) is 0 Å². The standard InChI is InChI=1S/C15H24N2O3/c1-4-20-13-8-7-12(10-14(13)19-3)17-15(18)11(2)6-5-9-16/h7-8,10-11H,4-6,9,16H2,1-3H3,(H,17,18). The Balaban J connectivity index is 2.70. The van der Waals surface area contributed by atoms with E-state index in [1.54, 1.807) is 25.3 Å². The minimum Gasteiger partial charge on any atom is -0.493 e. The van der Waals surface area contributed by atoms with E-state index in [1.807, 2.05) is 13.8 Å². The molecule has 3 N–H and O–H groups in total. The Labute approximate surface area is 120 Å². The highest BCUT2D eigenvalue weighted by atomic mass is 16.5. The summed E-state index contributed by atoms with van der Waals surface area (Å²) in [6, 6.07) is 5.36. The van der Waals surface area contributed by atoms with E-state index in [0.29, 0.717) is 30.3 Å². The lowest BCUT2D eigenvalue weighted by atomic mass is 10.0. The molecule has 0 aliphatic heterocycles. The molecule has 0 saturated carbocycles. The van der Waals surface area contributed by atoms with Crippen molar-refractivity contribution in [2.75, 3.05) is 25.6 Å². The first kappa shape index (κ1) is 16.3. The van der Waals surface area contributed by atoms with Gasteiger partial charge in [-0.05, 0) is 38.4 Å². The molecule has 0 spiro atoms. The van der Waals surface area contributed by atoms with Gasteiger partial charge in [0.15, 0.2) is 11.5 Å². The second-order valence-electron chi connectivity index (χ2n) is 4.62. The maximum absolute atomic E-state index is 12.0. The molecule has 0 bridgehead atoms. The number of benzene rings is 1. The first-order valence-electron chi connectivity index (χ1n) is 6.94. The number of carbonyl (C=O) groups excluding carboxylic acids is 1. The molecule has 0 aliphatic carbocycles. The van der Waals surface area contributed by atoms with E-state index < -0.39 is 0 Å². The van der Waals surface area contributed by atoms with Crippen LogP contribution in [0.3, 0.4) is 0 Å². The average Bonchev–Trinajstić information content (AvgIpc) is 2.46. The van der Waals surface area contributed by atoms with Crippen molar-refractivity contribution in [3.63, 3.8) is 0 Å². The van der Waals surface area contributed by atoms with Crippen LogP contribution in [0.4, 0.5) is 5.69 Å². The number of amides is 1. The molecule has 1 amide bonds. The van der Waals surface area contributed by atoms with Gasteiger partial charge in [-0.3, -0.25) is 4.79 Å².